The zero-order valence-electron chi connectivity index (χ0n) is 4.87. The molecule has 56 valence electrons. The molecule has 0 aliphatic heterocycles. The van der Waals surface area contributed by atoms with Crippen LogP contribution in [0.3, 0.4) is 0 Å². The molecule has 0 aliphatic rings. The maximum absolute atomic E-state index is 9.72. The topological polar surface area (TPSA) is 139 Å². The van der Waals surface area contributed by atoms with Crippen LogP contribution in [-0.2, 0) is 0 Å². The Hall–Kier alpha value is -1.79. The van der Waals surface area contributed by atoms with Crippen molar-refractivity contribution in [3.05, 3.63) is 21.7 Å². The third-order valence-electron chi connectivity index (χ3n) is 0.680. The van der Waals surface area contributed by atoms with Gasteiger partial charge in [0.25, 0.3) is 5.76 Å². The Morgan fingerprint density at radius 2 is 2.00 bits per heavy atom. The molecular weight excluding hydrogens is 140 g/mol. The molecule has 0 aromatic rings. The third kappa shape index (κ3) is 1.62. The average molecular weight is 146 g/mol. The minimum absolute atomic E-state index is 0.637. The molecule has 10 heavy (non-hydrogen) atoms. The van der Waals surface area contributed by atoms with Crippen molar-refractivity contribution in [3.8, 4) is 0 Å². The molecule has 0 aromatic carbocycles. The number of hydrogen-bond acceptors (Lipinski definition) is 6. The number of nitro groups is 1. The number of hydrogen-bond donors (Lipinski definition) is 4. The Balaban J connectivity index is 4.54. The molecule has 0 aliphatic carbocycles. The summed E-state index contributed by atoms with van der Waals surface area (Å²) < 4.78 is 0. The van der Waals surface area contributed by atoms with Crippen LogP contribution in [0.2, 0.25) is 0 Å². The van der Waals surface area contributed by atoms with Gasteiger partial charge < -0.3 is 26.7 Å². The number of aliphatic hydroxyl groups excluding tert-OH is 1. The van der Waals surface area contributed by atoms with Gasteiger partial charge in [0.05, 0.1) is 0 Å². The molecular formula is C3H6N4O3. The zero-order chi connectivity index (χ0) is 8.31. The van der Waals surface area contributed by atoms with Gasteiger partial charge >= 0.3 is 5.84 Å². The van der Waals surface area contributed by atoms with E-state index in [1.165, 1.54) is 0 Å². The van der Waals surface area contributed by atoms with E-state index in [0.717, 1.165) is 0 Å². The van der Waals surface area contributed by atoms with Crippen molar-refractivity contribution >= 4 is 5.84 Å². The first-order chi connectivity index (χ1) is 4.46. The van der Waals surface area contributed by atoms with Crippen LogP contribution < -0.4 is 11.5 Å². The van der Waals surface area contributed by atoms with Crippen molar-refractivity contribution in [2.45, 2.75) is 0 Å². The molecule has 0 fully saturated rings. The number of nitrogens with two attached hydrogens (primary N) is 2. The highest BCUT2D eigenvalue weighted by atomic mass is 16.6. The number of rotatable bonds is 1. The standard InChI is InChI=1S/C3H6N4O3/c4-2(5)1(8)3(6)7(9)10/h6,8H,4-5H2. The Kier molecular flexibility index (Phi) is 2.19. The van der Waals surface area contributed by atoms with Gasteiger partial charge in [0.15, 0.2) is 0 Å². The van der Waals surface area contributed by atoms with Crippen molar-refractivity contribution < 1.29 is 10.0 Å². The molecule has 0 spiro atoms. The lowest BCUT2D eigenvalue weighted by molar-refractivity contribution is -0.352. The fourth-order valence-corrected chi connectivity index (χ4v) is 0.223. The fourth-order valence-electron chi connectivity index (χ4n) is 0.223. The minimum Gasteiger partial charge on any atom is -0.498 e. The highest BCUT2D eigenvalue weighted by molar-refractivity contribution is 5.86. The summed E-state index contributed by atoms with van der Waals surface area (Å²) >= 11 is 0. The molecule has 0 radical (unpaired) electrons. The van der Waals surface area contributed by atoms with Crippen LogP contribution in [0.4, 0.5) is 0 Å². The van der Waals surface area contributed by atoms with Crippen molar-refractivity contribution in [3.63, 3.8) is 0 Å². The normalized spacial score (nSPS) is 8.40. The quantitative estimate of drug-likeness (QED) is 0.122. The summed E-state index contributed by atoms with van der Waals surface area (Å²) in [6.45, 7) is 0. The lowest BCUT2D eigenvalue weighted by Crippen LogP contribution is -2.21. The average Bonchev–Trinajstić information content (AvgIpc) is 1.84. The van der Waals surface area contributed by atoms with E-state index < -0.39 is 22.3 Å². The van der Waals surface area contributed by atoms with Crippen molar-refractivity contribution in [2.75, 3.05) is 0 Å². The van der Waals surface area contributed by atoms with Crippen LogP contribution in [0.1, 0.15) is 0 Å². The van der Waals surface area contributed by atoms with E-state index in [1.807, 2.05) is 0 Å². The maximum atomic E-state index is 9.72. The van der Waals surface area contributed by atoms with E-state index in [4.69, 9.17) is 22.0 Å². The fraction of sp³-hybridized carbons (Fsp3) is 0. The van der Waals surface area contributed by atoms with Crippen LogP contribution in [0.5, 0.6) is 0 Å². The molecule has 6 N–H and O–H groups in total. The predicted molar refractivity (Wildman–Crippen MR) is 32.8 cm³/mol. The van der Waals surface area contributed by atoms with Gasteiger partial charge in [-0.1, -0.05) is 5.41 Å². The monoisotopic (exact) mass is 146 g/mol. The minimum atomic E-state index is -1.21. The lowest BCUT2D eigenvalue weighted by atomic mass is 10.4. The highest BCUT2D eigenvalue weighted by Crippen LogP contribution is 1.91. The molecule has 0 aromatic heterocycles. The van der Waals surface area contributed by atoms with Crippen LogP contribution in [-0.4, -0.2) is 15.9 Å². The van der Waals surface area contributed by atoms with E-state index in [9.17, 15) is 10.1 Å². The second kappa shape index (κ2) is 2.67. The summed E-state index contributed by atoms with van der Waals surface area (Å²) in [5.41, 5.74) is 9.47. The van der Waals surface area contributed by atoms with E-state index >= 15 is 0 Å². The Morgan fingerprint density at radius 1 is 1.60 bits per heavy atom. The van der Waals surface area contributed by atoms with E-state index in [-0.39, 0.29) is 0 Å². The smallest absolute Gasteiger partial charge is 0.402 e. The summed E-state index contributed by atoms with van der Waals surface area (Å²) in [6, 6.07) is 0. The molecule has 0 unspecified atom stereocenters. The Morgan fingerprint density at radius 3 is 2.10 bits per heavy atom. The SMILES string of the molecule is N=C(C(O)=C(N)N)[N+](=O)[O-]. The summed E-state index contributed by atoms with van der Waals surface area (Å²) in [5, 5.41) is 24.8. The zero-order valence-corrected chi connectivity index (χ0v) is 4.87. The molecule has 0 atom stereocenters. The molecule has 0 saturated carbocycles. The summed E-state index contributed by atoms with van der Waals surface area (Å²) in [5.74, 6) is -2.85. The summed E-state index contributed by atoms with van der Waals surface area (Å²) in [7, 11) is 0. The largest absolute Gasteiger partial charge is 0.498 e. The predicted octanol–water partition coefficient (Wildman–Crippen LogP) is -1.12. The lowest BCUT2D eigenvalue weighted by Gasteiger charge is -1.95. The number of nitrogens with one attached hydrogen (secondary N) is 1. The first kappa shape index (κ1) is 8.21. The second-order valence-electron chi connectivity index (χ2n) is 1.41. The van der Waals surface area contributed by atoms with Crippen molar-refractivity contribution in [2.24, 2.45) is 11.5 Å². The van der Waals surface area contributed by atoms with Gasteiger partial charge in [0, 0.05) is 0 Å². The van der Waals surface area contributed by atoms with E-state index in [1.54, 1.807) is 0 Å². The van der Waals surface area contributed by atoms with Crippen LogP contribution in [0.15, 0.2) is 11.6 Å². The van der Waals surface area contributed by atoms with Crippen LogP contribution in [0, 0.1) is 15.5 Å². The van der Waals surface area contributed by atoms with E-state index in [0.29, 0.717) is 0 Å². The first-order valence-electron chi connectivity index (χ1n) is 2.14. The van der Waals surface area contributed by atoms with Gasteiger partial charge in [-0.05, 0) is 4.92 Å². The first-order valence-corrected chi connectivity index (χ1v) is 2.14. The van der Waals surface area contributed by atoms with Gasteiger partial charge in [-0.3, -0.25) is 0 Å². The van der Waals surface area contributed by atoms with Crippen LogP contribution >= 0.6 is 0 Å². The van der Waals surface area contributed by atoms with Gasteiger partial charge in [0.1, 0.15) is 5.82 Å². The molecule has 0 rings (SSSR count). The molecule has 7 nitrogen and oxygen atoms in total. The van der Waals surface area contributed by atoms with Crippen LogP contribution in [0.25, 0.3) is 0 Å². The Labute approximate surface area is 55.6 Å². The van der Waals surface area contributed by atoms with Crippen molar-refractivity contribution in [1.29, 1.82) is 5.41 Å². The second-order valence-corrected chi connectivity index (χ2v) is 1.41. The molecule has 0 amide bonds. The molecule has 0 bridgehead atoms. The molecule has 7 heteroatoms. The highest BCUT2D eigenvalue weighted by Gasteiger charge is 2.16. The van der Waals surface area contributed by atoms with Gasteiger partial charge in [-0.2, -0.15) is 0 Å². The van der Waals surface area contributed by atoms with Crippen molar-refractivity contribution in [1.82, 2.24) is 0 Å². The number of aliphatic hydroxyl groups is 1. The number of nitrogens with zero attached hydrogens (tertiary/aromatic N) is 1. The molecule has 0 heterocycles. The maximum Gasteiger partial charge on any atom is 0.402 e. The molecule has 0 saturated heterocycles. The van der Waals surface area contributed by atoms with Gasteiger partial charge in [0.2, 0.25) is 0 Å². The van der Waals surface area contributed by atoms with Gasteiger partial charge in [-0.25, -0.2) is 0 Å². The summed E-state index contributed by atoms with van der Waals surface area (Å²) in [6.07, 6.45) is 0. The number of amidine groups is 1. The van der Waals surface area contributed by atoms with E-state index in [2.05, 4.69) is 0 Å². The Bertz CT molecular complexity index is 204. The van der Waals surface area contributed by atoms with Gasteiger partial charge in [-0.15, -0.1) is 0 Å². The summed E-state index contributed by atoms with van der Waals surface area (Å²) in [4.78, 5) is 8.62. The third-order valence-corrected chi connectivity index (χ3v) is 0.680.